The van der Waals surface area contributed by atoms with E-state index in [9.17, 15) is 0 Å². The molecule has 0 aliphatic rings. The minimum absolute atomic E-state index is 0.869. The number of unbranched alkanes of at least 4 members (excludes halogenated alkanes) is 1. The van der Waals surface area contributed by atoms with E-state index in [4.69, 9.17) is 4.74 Å². The molecule has 134 valence electrons. The van der Waals surface area contributed by atoms with Gasteiger partial charge in [-0.2, -0.15) is 0 Å². The third kappa shape index (κ3) is 5.05. The van der Waals surface area contributed by atoms with Crippen molar-refractivity contribution in [1.29, 1.82) is 0 Å². The van der Waals surface area contributed by atoms with Crippen LogP contribution in [0.15, 0.2) is 53.9 Å². The number of hydrogen-bond acceptors (Lipinski definition) is 3. The Bertz CT molecular complexity index is 697. The van der Waals surface area contributed by atoms with Crippen LogP contribution in [0.2, 0.25) is 0 Å². The maximum Gasteiger partial charge on any atom is 0.164 e. The molecule has 0 aromatic heterocycles. The van der Waals surface area contributed by atoms with E-state index in [0.29, 0.717) is 0 Å². The normalized spacial score (nSPS) is 10.6. The van der Waals surface area contributed by atoms with Crippen LogP contribution in [-0.2, 0) is 0 Å². The predicted molar refractivity (Wildman–Crippen MR) is 112 cm³/mol. The van der Waals surface area contributed by atoms with Gasteiger partial charge in [0.25, 0.3) is 0 Å². The average molecular weight is 356 g/mol. The van der Waals surface area contributed by atoms with Crippen molar-refractivity contribution in [2.45, 2.75) is 38.5 Å². The number of benzene rings is 2. The smallest absolute Gasteiger partial charge is 0.164 e. The van der Waals surface area contributed by atoms with Gasteiger partial charge in [-0.1, -0.05) is 43.7 Å². The summed E-state index contributed by atoms with van der Waals surface area (Å²) in [5, 5.41) is 0. The number of allylic oxidation sites excluding steroid dienone is 1. The Kier molecular flexibility index (Phi) is 7.45. The van der Waals surface area contributed by atoms with Gasteiger partial charge in [0.2, 0.25) is 0 Å². The first kappa shape index (κ1) is 19.5. The summed E-state index contributed by atoms with van der Waals surface area (Å²) in [5.74, 6) is 1.82. The minimum Gasteiger partial charge on any atom is -0.454 e. The van der Waals surface area contributed by atoms with Crippen molar-refractivity contribution in [1.82, 2.24) is 0 Å². The highest BCUT2D eigenvalue weighted by Crippen LogP contribution is 2.42. The van der Waals surface area contributed by atoms with Gasteiger partial charge in [0.1, 0.15) is 5.75 Å². The maximum atomic E-state index is 6.34. The fraction of sp³-hybridized carbons (Fsp3) is 0.364. The van der Waals surface area contributed by atoms with Crippen LogP contribution in [0, 0.1) is 0 Å². The second kappa shape index (κ2) is 9.57. The van der Waals surface area contributed by atoms with E-state index in [1.165, 1.54) is 18.4 Å². The zero-order chi connectivity index (χ0) is 18.2. The molecule has 0 spiro atoms. The number of ether oxygens (including phenoxy) is 1. The van der Waals surface area contributed by atoms with Crippen molar-refractivity contribution in [2.24, 2.45) is 0 Å². The first-order valence-electron chi connectivity index (χ1n) is 8.96. The van der Waals surface area contributed by atoms with Gasteiger partial charge in [-0.05, 0) is 56.4 Å². The highest BCUT2D eigenvalue weighted by molar-refractivity contribution is 7.98. The van der Waals surface area contributed by atoms with Crippen LogP contribution < -0.4 is 9.64 Å². The molecule has 0 saturated carbocycles. The summed E-state index contributed by atoms with van der Waals surface area (Å²) < 4.78 is 6.34. The topological polar surface area (TPSA) is 12.5 Å². The lowest BCUT2D eigenvalue weighted by Crippen LogP contribution is -2.24. The average Bonchev–Trinajstić information content (AvgIpc) is 2.63. The van der Waals surface area contributed by atoms with Gasteiger partial charge in [0, 0.05) is 13.1 Å². The molecule has 0 heterocycles. The number of para-hydroxylation sites is 1. The van der Waals surface area contributed by atoms with Crippen molar-refractivity contribution in [2.75, 3.05) is 24.2 Å². The third-order valence-corrected chi connectivity index (χ3v) is 4.96. The van der Waals surface area contributed by atoms with E-state index in [-0.39, 0.29) is 0 Å². The van der Waals surface area contributed by atoms with Crippen molar-refractivity contribution < 1.29 is 4.74 Å². The second-order valence-corrected chi connectivity index (χ2v) is 7.00. The number of thioether (sulfide) groups is 1. The van der Waals surface area contributed by atoms with Gasteiger partial charge in [-0.3, -0.25) is 0 Å². The lowest BCUT2D eigenvalue weighted by molar-refractivity contribution is 0.469. The van der Waals surface area contributed by atoms with E-state index in [1.54, 1.807) is 11.8 Å². The zero-order valence-electron chi connectivity index (χ0n) is 15.8. The van der Waals surface area contributed by atoms with Gasteiger partial charge in [-0.15, -0.1) is 11.8 Å². The number of hydrogen-bond donors (Lipinski definition) is 0. The van der Waals surface area contributed by atoms with Crippen LogP contribution in [-0.4, -0.2) is 19.3 Å². The van der Waals surface area contributed by atoms with Crippen LogP contribution in [0.4, 0.5) is 5.69 Å². The summed E-state index contributed by atoms with van der Waals surface area (Å²) in [6.07, 6.45) is 4.45. The molecule has 2 aromatic rings. The molecular weight excluding hydrogens is 326 g/mol. The van der Waals surface area contributed by atoms with E-state index in [0.717, 1.165) is 40.7 Å². The van der Waals surface area contributed by atoms with Crippen molar-refractivity contribution in [3.63, 3.8) is 0 Å². The van der Waals surface area contributed by atoms with Crippen molar-refractivity contribution in [3.05, 3.63) is 54.6 Å². The fourth-order valence-corrected chi connectivity index (χ4v) is 3.30. The molecular formula is C22H29NOS. The Morgan fingerprint density at radius 1 is 1.16 bits per heavy atom. The minimum atomic E-state index is 0.869. The number of rotatable bonds is 9. The Labute approximate surface area is 156 Å². The Morgan fingerprint density at radius 2 is 1.88 bits per heavy atom. The van der Waals surface area contributed by atoms with Crippen LogP contribution >= 0.6 is 11.8 Å². The first-order valence-corrected chi connectivity index (χ1v) is 10.2. The maximum absolute atomic E-state index is 6.34. The predicted octanol–water partition coefficient (Wildman–Crippen LogP) is 6.86. The molecule has 0 saturated heterocycles. The van der Waals surface area contributed by atoms with Gasteiger partial charge in [0.05, 0.1) is 10.6 Å². The summed E-state index contributed by atoms with van der Waals surface area (Å²) in [7, 11) is 0. The molecule has 0 N–H and O–H groups in total. The van der Waals surface area contributed by atoms with Gasteiger partial charge < -0.3 is 9.64 Å². The SMILES string of the molecule is C=C(C)c1cc(SC)c(Oc2ccccc2)c(N(CC)CCCC)c1. The number of anilines is 1. The Balaban J connectivity index is 2.54. The summed E-state index contributed by atoms with van der Waals surface area (Å²) >= 11 is 1.72. The van der Waals surface area contributed by atoms with E-state index >= 15 is 0 Å². The monoisotopic (exact) mass is 355 g/mol. The highest BCUT2D eigenvalue weighted by Gasteiger charge is 2.18. The van der Waals surface area contributed by atoms with Crippen molar-refractivity contribution >= 4 is 23.0 Å². The standard InChI is InChI=1S/C22H29NOS/c1-6-8-14-23(7-2)20-15-18(17(3)4)16-21(25-5)22(20)24-19-12-10-9-11-13-19/h9-13,15-16H,3,6-8,14H2,1-2,4-5H3. The molecule has 2 aromatic carbocycles. The van der Waals surface area contributed by atoms with E-state index in [1.807, 2.05) is 30.3 Å². The molecule has 0 radical (unpaired) electrons. The molecule has 2 rings (SSSR count). The number of nitrogens with zero attached hydrogens (tertiary/aromatic N) is 1. The second-order valence-electron chi connectivity index (χ2n) is 6.16. The molecule has 0 amide bonds. The molecule has 0 atom stereocenters. The molecule has 0 unspecified atom stereocenters. The summed E-state index contributed by atoms with van der Waals surface area (Å²) in [5.41, 5.74) is 3.41. The van der Waals surface area contributed by atoms with Crippen LogP contribution in [0.5, 0.6) is 11.5 Å². The van der Waals surface area contributed by atoms with Gasteiger partial charge in [0.15, 0.2) is 5.75 Å². The molecule has 0 aliphatic heterocycles. The van der Waals surface area contributed by atoms with Crippen LogP contribution in [0.3, 0.4) is 0 Å². The molecule has 0 fully saturated rings. The summed E-state index contributed by atoms with van der Waals surface area (Å²) in [6, 6.07) is 14.4. The summed E-state index contributed by atoms with van der Waals surface area (Å²) in [6.45, 7) is 12.6. The third-order valence-electron chi connectivity index (χ3n) is 4.22. The fourth-order valence-electron chi connectivity index (χ4n) is 2.73. The van der Waals surface area contributed by atoms with Gasteiger partial charge >= 0.3 is 0 Å². The first-order chi connectivity index (χ1) is 12.1. The zero-order valence-corrected chi connectivity index (χ0v) is 16.7. The highest BCUT2D eigenvalue weighted by atomic mass is 32.2. The largest absolute Gasteiger partial charge is 0.454 e. The summed E-state index contributed by atoms with van der Waals surface area (Å²) in [4.78, 5) is 3.56. The molecule has 2 nitrogen and oxygen atoms in total. The molecule has 0 aliphatic carbocycles. The lowest BCUT2D eigenvalue weighted by Gasteiger charge is -2.27. The molecule has 0 bridgehead atoms. The van der Waals surface area contributed by atoms with E-state index in [2.05, 4.69) is 50.6 Å². The Hall–Kier alpha value is -1.87. The molecule has 3 heteroatoms. The lowest BCUT2D eigenvalue weighted by atomic mass is 10.1. The van der Waals surface area contributed by atoms with E-state index < -0.39 is 0 Å². The van der Waals surface area contributed by atoms with Crippen molar-refractivity contribution in [3.8, 4) is 11.5 Å². The van der Waals surface area contributed by atoms with Crippen LogP contribution in [0.25, 0.3) is 5.57 Å². The van der Waals surface area contributed by atoms with Crippen LogP contribution in [0.1, 0.15) is 39.2 Å². The quantitative estimate of drug-likeness (QED) is 0.456. The van der Waals surface area contributed by atoms with Gasteiger partial charge in [-0.25, -0.2) is 0 Å². The Morgan fingerprint density at radius 3 is 2.44 bits per heavy atom. The molecule has 25 heavy (non-hydrogen) atoms.